The van der Waals surface area contributed by atoms with E-state index in [0.29, 0.717) is 32.1 Å². The van der Waals surface area contributed by atoms with Crippen LogP contribution in [-0.2, 0) is 11.3 Å². The van der Waals surface area contributed by atoms with Gasteiger partial charge in [0, 0.05) is 10.1 Å². The molecule has 4 aromatic rings. The van der Waals surface area contributed by atoms with Gasteiger partial charge in [0.2, 0.25) is 5.82 Å². The van der Waals surface area contributed by atoms with Gasteiger partial charge in [0.05, 0.1) is 12.7 Å². The number of para-hydroxylation sites is 1. The van der Waals surface area contributed by atoms with Crippen LogP contribution >= 0.6 is 11.3 Å². The average molecular weight is 384 g/mol. The van der Waals surface area contributed by atoms with Gasteiger partial charge in [-0.3, -0.25) is 0 Å². The lowest BCUT2D eigenvalue weighted by Crippen LogP contribution is -2.03. The highest BCUT2D eigenvalue weighted by Gasteiger charge is 2.17. The summed E-state index contributed by atoms with van der Waals surface area (Å²) in [6.07, 6.45) is 0. The van der Waals surface area contributed by atoms with Gasteiger partial charge in [-0.15, -0.1) is 11.3 Å². The van der Waals surface area contributed by atoms with Gasteiger partial charge in [0.25, 0.3) is 5.89 Å². The molecule has 2 aromatic carbocycles. The van der Waals surface area contributed by atoms with E-state index in [1.807, 2.05) is 12.1 Å². The van der Waals surface area contributed by atoms with Crippen LogP contribution in [0.2, 0.25) is 0 Å². The van der Waals surface area contributed by atoms with Crippen molar-refractivity contribution in [2.24, 2.45) is 0 Å². The second-order valence-electron chi connectivity index (χ2n) is 5.55. The lowest BCUT2D eigenvalue weighted by molar-refractivity contribution is 0.0435. The van der Waals surface area contributed by atoms with E-state index in [1.165, 1.54) is 12.1 Å². The minimum Gasteiger partial charge on any atom is -0.496 e. The first-order chi connectivity index (χ1) is 13.2. The summed E-state index contributed by atoms with van der Waals surface area (Å²) in [5, 5.41) is 4.28. The summed E-state index contributed by atoms with van der Waals surface area (Å²) >= 11 is 1.16. The number of hydrogen-bond donors (Lipinski definition) is 0. The molecule has 0 atom stereocenters. The van der Waals surface area contributed by atoms with Gasteiger partial charge in [-0.2, -0.15) is 4.98 Å². The molecule has 2 aromatic heterocycles. The van der Waals surface area contributed by atoms with Gasteiger partial charge in [-0.05, 0) is 30.3 Å². The SMILES string of the molecule is COc1ccccc1-c1noc(COC(=O)c2cc3c(F)cccc3s2)n1. The number of carbonyl (C=O) groups is 1. The molecule has 0 spiro atoms. The Kier molecular flexibility index (Phi) is 4.55. The highest BCUT2D eigenvalue weighted by molar-refractivity contribution is 7.20. The monoisotopic (exact) mass is 384 g/mol. The second kappa shape index (κ2) is 7.16. The zero-order valence-electron chi connectivity index (χ0n) is 14.1. The molecule has 6 nitrogen and oxygen atoms in total. The summed E-state index contributed by atoms with van der Waals surface area (Å²) in [4.78, 5) is 16.8. The summed E-state index contributed by atoms with van der Waals surface area (Å²) in [7, 11) is 1.55. The number of fused-ring (bicyclic) bond motifs is 1. The third-order valence-electron chi connectivity index (χ3n) is 3.85. The molecule has 0 aliphatic rings. The van der Waals surface area contributed by atoms with Gasteiger partial charge in [-0.25, -0.2) is 9.18 Å². The maximum atomic E-state index is 13.8. The van der Waals surface area contributed by atoms with Crippen molar-refractivity contribution >= 4 is 27.4 Å². The van der Waals surface area contributed by atoms with Crippen molar-refractivity contribution in [3.63, 3.8) is 0 Å². The number of hydrogen-bond acceptors (Lipinski definition) is 7. The summed E-state index contributed by atoms with van der Waals surface area (Å²) in [6.45, 7) is -0.183. The van der Waals surface area contributed by atoms with Gasteiger partial charge in [0.1, 0.15) is 16.4 Å². The van der Waals surface area contributed by atoms with Crippen molar-refractivity contribution in [1.29, 1.82) is 0 Å². The summed E-state index contributed by atoms with van der Waals surface area (Å²) in [5.74, 6) is 0.141. The molecule has 136 valence electrons. The first kappa shape index (κ1) is 17.2. The number of esters is 1. The molecule has 0 N–H and O–H groups in total. The van der Waals surface area contributed by atoms with Crippen LogP contribution in [0.15, 0.2) is 53.1 Å². The van der Waals surface area contributed by atoms with Crippen molar-refractivity contribution in [2.45, 2.75) is 6.61 Å². The van der Waals surface area contributed by atoms with Gasteiger partial charge < -0.3 is 14.0 Å². The topological polar surface area (TPSA) is 74.5 Å². The molecular weight excluding hydrogens is 371 g/mol. The van der Waals surface area contributed by atoms with Gasteiger partial charge in [0.15, 0.2) is 6.61 Å². The maximum Gasteiger partial charge on any atom is 0.348 e. The number of halogens is 1. The van der Waals surface area contributed by atoms with Gasteiger partial charge in [-0.1, -0.05) is 23.4 Å². The van der Waals surface area contributed by atoms with Crippen LogP contribution < -0.4 is 4.74 Å². The fourth-order valence-electron chi connectivity index (χ4n) is 2.58. The van der Waals surface area contributed by atoms with Crippen molar-refractivity contribution in [1.82, 2.24) is 10.1 Å². The summed E-state index contributed by atoms with van der Waals surface area (Å²) in [6, 6.07) is 13.4. The Morgan fingerprint density at radius 3 is 2.89 bits per heavy atom. The number of methoxy groups -OCH3 is 1. The number of rotatable bonds is 5. The summed E-state index contributed by atoms with van der Waals surface area (Å²) in [5.41, 5.74) is 0.668. The quantitative estimate of drug-likeness (QED) is 0.473. The van der Waals surface area contributed by atoms with Crippen LogP contribution in [0.1, 0.15) is 15.6 Å². The molecule has 0 unspecified atom stereocenters. The Balaban J connectivity index is 1.48. The van der Waals surface area contributed by atoms with E-state index in [9.17, 15) is 9.18 Å². The van der Waals surface area contributed by atoms with Crippen molar-refractivity contribution in [3.8, 4) is 17.1 Å². The third kappa shape index (κ3) is 3.39. The zero-order valence-corrected chi connectivity index (χ0v) is 15.0. The molecule has 0 saturated carbocycles. The predicted molar refractivity (Wildman–Crippen MR) is 97.2 cm³/mol. The third-order valence-corrected chi connectivity index (χ3v) is 4.93. The van der Waals surface area contributed by atoms with Crippen LogP contribution in [-0.4, -0.2) is 23.2 Å². The number of aromatic nitrogens is 2. The fourth-order valence-corrected chi connectivity index (χ4v) is 3.55. The first-order valence-electron chi connectivity index (χ1n) is 7.97. The Hall–Kier alpha value is -3.26. The molecule has 0 saturated heterocycles. The molecule has 0 amide bonds. The Morgan fingerprint density at radius 2 is 2.07 bits per heavy atom. The number of benzene rings is 2. The normalized spacial score (nSPS) is 10.9. The number of thiophene rings is 1. The van der Waals surface area contributed by atoms with E-state index in [4.69, 9.17) is 14.0 Å². The summed E-state index contributed by atoms with van der Waals surface area (Å²) < 4.78 is 30.0. The molecule has 0 bridgehead atoms. The van der Waals surface area contributed by atoms with Crippen molar-refractivity contribution < 1.29 is 23.2 Å². The zero-order chi connectivity index (χ0) is 18.8. The van der Waals surface area contributed by atoms with Gasteiger partial charge >= 0.3 is 5.97 Å². The van der Waals surface area contributed by atoms with E-state index >= 15 is 0 Å². The minimum absolute atomic E-state index is 0.150. The van der Waals surface area contributed by atoms with E-state index in [1.54, 1.807) is 31.4 Å². The first-order valence-corrected chi connectivity index (χ1v) is 8.78. The standard InChI is InChI=1S/C19H13FN2O4S/c1-24-14-7-3-2-5-11(14)18-21-17(26-22-18)10-25-19(23)16-9-12-13(20)6-4-8-15(12)27-16/h2-9H,10H2,1H3. The van der Waals surface area contributed by atoms with E-state index < -0.39 is 5.97 Å². The number of nitrogens with zero attached hydrogens (tertiary/aromatic N) is 2. The number of ether oxygens (including phenoxy) is 2. The highest BCUT2D eigenvalue weighted by atomic mass is 32.1. The molecule has 0 aliphatic heterocycles. The van der Waals surface area contributed by atoms with Crippen LogP contribution in [0.4, 0.5) is 4.39 Å². The van der Waals surface area contributed by atoms with E-state index in [-0.39, 0.29) is 18.3 Å². The molecule has 27 heavy (non-hydrogen) atoms. The van der Waals surface area contributed by atoms with Crippen LogP contribution in [0.5, 0.6) is 5.75 Å². The lowest BCUT2D eigenvalue weighted by atomic mass is 10.2. The van der Waals surface area contributed by atoms with Crippen molar-refractivity contribution in [3.05, 3.63) is 65.1 Å². The minimum atomic E-state index is -0.576. The molecule has 2 heterocycles. The molecular formula is C19H13FN2O4S. The lowest BCUT2D eigenvalue weighted by Gasteiger charge is -2.03. The molecule has 0 fully saturated rings. The largest absolute Gasteiger partial charge is 0.496 e. The molecule has 4 rings (SSSR count). The Morgan fingerprint density at radius 1 is 1.22 bits per heavy atom. The Labute approximate surface area is 157 Å². The number of carbonyl (C=O) groups excluding carboxylic acids is 1. The average Bonchev–Trinajstić information content (AvgIpc) is 3.34. The van der Waals surface area contributed by atoms with E-state index in [2.05, 4.69) is 10.1 Å². The molecule has 0 aliphatic carbocycles. The fraction of sp³-hybridized carbons (Fsp3) is 0.105. The smallest absolute Gasteiger partial charge is 0.348 e. The van der Waals surface area contributed by atoms with Crippen LogP contribution in [0.3, 0.4) is 0 Å². The molecule has 8 heteroatoms. The van der Waals surface area contributed by atoms with Crippen molar-refractivity contribution in [2.75, 3.05) is 7.11 Å². The van der Waals surface area contributed by atoms with E-state index in [0.717, 1.165) is 11.3 Å². The predicted octanol–water partition coefficient (Wildman–Crippen LogP) is 4.46. The van der Waals surface area contributed by atoms with Crippen LogP contribution in [0.25, 0.3) is 21.5 Å². The molecule has 0 radical (unpaired) electrons. The Bertz CT molecular complexity index is 1120. The van der Waals surface area contributed by atoms with Crippen LogP contribution in [0, 0.1) is 5.82 Å². The maximum absolute atomic E-state index is 13.8. The highest BCUT2D eigenvalue weighted by Crippen LogP contribution is 2.29. The second-order valence-corrected chi connectivity index (χ2v) is 6.63.